The number of hydrogen-bond acceptors (Lipinski definition) is 4. The van der Waals surface area contributed by atoms with E-state index in [1.807, 2.05) is 13.8 Å². The fourth-order valence-electron chi connectivity index (χ4n) is 1.47. The number of aromatic hydroxyl groups is 1. The van der Waals surface area contributed by atoms with Crippen molar-refractivity contribution in [1.82, 2.24) is 0 Å². The van der Waals surface area contributed by atoms with Crippen LogP contribution >= 0.6 is 0 Å². The summed E-state index contributed by atoms with van der Waals surface area (Å²) in [6.07, 6.45) is 0.274. The number of carboxylic acid groups (broad SMARTS) is 1. The van der Waals surface area contributed by atoms with E-state index in [-0.39, 0.29) is 25.4 Å². The maximum Gasteiger partial charge on any atom is 0.303 e. The summed E-state index contributed by atoms with van der Waals surface area (Å²) in [6, 6.07) is 3.08. The van der Waals surface area contributed by atoms with Gasteiger partial charge in [-0.1, -0.05) is 13.8 Å². The monoisotopic (exact) mass is 256 g/mol. The smallest absolute Gasteiger partial charge is 0.303 e. The van der Waals surface area contributed by atoms with Crippen molar-refractivity contribution in [3.05, 3.63) is 28.8 Å². The number of carbonyl (C=O) groups is 1. The first-order chi connectivity index (χ1) is 8.58. The number of benzene rings is 1. The van der Waals surface area contributed by atoms with Gasteiger partial charge in [0.1, 0.15) is 5.75 Å². The summed E-state index contributed by atoms with van der Waals surface area (Å²) < 4.78 is 0. The molecule has 102 valence electrons. The van der Waals surface area contributed by atoms with Gasteiger partial charge in [-0.3, -0.25) is 4.79 Å². The lowest BCUT2D eigenvalue weighted by atomic mass is 10.0. The number of rotatable bonds is 5. The Kier molecular flexibility index (Phi) is 7.74. The van der Waals surface area contributed by atoms with Gasteiger partial charge in [0.25, 0.3) is 0 Å². The SMILES string of the molecule is CC.O=C(O)CCc1cc(CO)c(O)c(CO)c1. The van der Waals surface area contributed by atoms with Crippen LogP contribution in [0.5, 0.6) is 5.75 Å². The zero-order valence-electron chi connectivity index (χ0n) is 10.7. The van der Waals surface area contributed by atoms with E-state index >= 15 is 0 Å². The second-order valence-electron chi connectivity index (χ2n) is 3.47. The molecule has 0 aliphatic heterocycles. The van der Waals surface area contributed by atoms with Gasteiger partial charge in [0.15, 0.2) is 0 Å². The van der Waals surface area contributed by atoms with Gasteiger partial charge < -0.3 is 20.4 Å². The highest BCUT2D eigenvalue weighted by molar-refractivity contribution is 5.67. The number of hydrogen-bond donors (Lipinski definition) is 4. The van der Waals surface area contributed by atoms with E-state index in [2.05, 4.69) is 0 Å². The Morgan fingerprint density at radius 3 is 1.89 bits per heavy atom. The highest BCUT2D eigenvalue weighted by Crippen LogP contribution is 2.25. The normalized spacial score (nSPS) is 9.56. The van der Waals surface area contributed by atoms with E-state index in [4.69, 9.17) is 15.3 Å². The summed E-state index contributed by atoms with van der Waals surface area (Å²) in [4.78, 5) is 10.4. The number of aliphatic hydroxyl groups is 2. The number of carboxylic acids is 1. The highest BCUT2D eigenvalue weighted by atomic mass is 16.4. The number of aliphatic hydroxyl groups excluding tert-OH is 2. The van der Waals surface area contributed by atoms with Crippen LogP contribution in [-0.2, 0) is 24.4 Å². The molecule has 0 aliphatic carbocycles. The fourth-order valence-corrected chi connectivity index (χ4v) is 1.47. The molecule has 0 radical (unpaired) electrons. The van der Waals surface area contributed by atoms with Crippen LogP contribution in [0.4, 0.5) is 0 Å². The topological polar surface area (TPSA) is 98.0 Å². The van der Waals surface area contributed by atoms with Gasteiger partial charge in [0.05, 0.1) is 13.2 Å². The third-order valence-electron chi connectivity index (χ3n) is 2.30. The van der Waals surface area contributed by atoms with Crippen LogP contribution < -0.4 is 0 Å². The van der Waals surface area contributed by atoms with E-state index in [0.29, 0.717) is 23.1 Å². The Morgan fingerprint density at radius 1 is 1.11 bits per heavy atom. The zero-order chi connectivity index (χ0) is 14.1. The molecule has 0 unspecified atom stereocenters. The average Bonchev–Trinajstić information content (AvgIpc) is 2.39. The molecule has 0 fully saturated rings. The van der Waals surface area contributed by atoms with Gasteiger partial charge in [-0.15, -0.1) is 0 Å². The largest absolute Gasteiger partial charge is 0.507 e. The predicted octanol–water partition coefficient (Wildman–Crippen LogP) is 1.42. The summed E-state index contributed by atoms with van der Waals surface area (Å²) >= 11 is 0. The summed E-state index contributed by atoms with van der Waals surface area (Å²) in [5.74, 6) is -1.05. The number of aliphatic carboxylic acids is 1. The third-order valence-corrected chi connectivity index (χ3v) is 2.30. The Morgan fingerprint density at radius 2 is 1.56 bits per heavy atom. The zero-order valence-corrected chi connectivity index (χ0v) is 10.7. The molecule has 1 aromatic rings. The minimum atomic E-state index is -0.913. The molecule has 0 saturated heterocycles. The molecule has 4 N–H and O–H groups in total. The molecule has 1 aromatic carbocycles. The summed E-state index contributed by atoms with van der Waals surface area (Å²) in [5.41, 5.74) is 1.27. The minimum absolute atomic E-state index is 0.0273. The van der Waals surface area contributed by atoms with Gasteiger partial charge in [0.2, 0.25) is 0 Å². The van der Waals surface area contributed by atoms with Crippen molar-refractivity contribution in [2.75, 3.05) is 0 Å². The summed E-state index contributed by atoms with van der Waals surface area (Å²) in [5, 5.41) is 36.1. The lowest BCUT2D eigenvalue weighted by Crippen LogP contribution is -2.00. The van der Waals surface area contributed by atoms with Gasteiger partial charge in [-0.2, -0.15) is 0 Å². The van der Waals surface area contributed by atoms with Crippen molar-refractivity contribution in [2.24, 2.45) is 0 Å². The Balaban J connectivity index is 0.00000137. The molecule has 0 heterocycles. The first kappa shape index (κ1) is 16.4. The van der Waals surface area contributed by atoms with Crippen LogP contribution in [0, 0.1) is 0 Å². The van der Waals surface area contributed by atoms with Crippen molar-refractivity contribution in [3.63, 3.8) is 0 Å². The van der Waals surface area contributed by atoms with Gasteiger partial charge in [-0.25, -0.2) is 0 Å². The summed E-state index contributed by atoms with van der Waals surface area (Å²) in [7, 11) is 0. The molecule has 0 atom stereocenters. The van der Waals surface area contributed by atoms with Crippen molar-refractivity contribution in [2.45, 2.75) is 39.9 Å². The molecule has 1 rings (SSSR count). The fraction of sp³-hybridized carbons (Fsp3) is 0.462. The summed E-state index contributed by atoms with van der Waals surface area (Å²) in [6.45, 7) is 3.31. The first-order valence-corrected chi connectivity index (χ1v) is 5.85. The number of phenols is 1. The van der Waals surface area contributed by atoms with Crippen LogP contribution in [0.15, 0.2) is 12.1 Å². The molecule has 0 aromatic heterocycles. The van der Waals surface area contributed by atoms with Gasteiger partial charge in [0, 0.05) is 17.5 Å². The van der Waals surface area contributed by atoms with Crippen molar-refractivity contribution in [1.29, 1.82) is 0 Å². The van der Waals surface area contributed by atoms with E-state index < -0.39 is 5.97 Å². The van der Waals surface area contributed by atoms with E-state index in [9.17, 15) is 9.90 Å². The molecular formula is C13H20O5. The molecular weight excluding hydrogens is 236 g/mol. The standard InChI is InChI=1S/C11H14O5.C2H6/c12-5-8-3-7(1-2-10(14)15)4-9(6-13)11(8)16;1-2/h3-4,12-13,16H,1-2,5-6H2,(H,14,15);1-2H3. The minimum Gasteiger partial charge on any atom is -0.507 e. The van der Waals surface area contributed by atoms with Gasteiger partial charge in [-0.05, 0) is 24.1 Å². The predicted molar refractivity (Wildman–Crippen MR) is 67.3 cm³/mol. The molecule has 5 nitrogen and oxygen atoms in total. The second-order valence-corrected chi connectivity index (χ2v) is 3.47. The van der Waals surface area contributed by atoms with Crippen LogP contribution in [0.2, 0.25) is 0 Å². The van der Waals surface area contributed by atoms with Crippen LogP contribution in [-0.4, -0.2) is 26.4 Å². The quantitative estimate of drug-likeness (QED) is 0.638. The maximum absolute atomic E-state index is 10.4. The Hall–Kier alpha value is -1.59. The Labute approximate surface area is 106 Å². The van der Waals surface area contributed by atoms with Crippen LogP contribution in [0.1, 0.15) is 37.0 Å². The molecule has 5 heteroatoms. The van der Waals surface area contributed by atoms with E-state index in [0.717, 1.165) is 0 Å². The van der Waals surface area contributed by atoms with Crippen molar-refractivity contribution >= 4 is 5.97 Å². The van der Waals surface area contributed by atoms with Crippen LogP contribution in [0.25, 0.3) is 0 Å². The Bertz CT molecular complexity index is 362. The van der Waals surface area contributed by atoms with Crippen molar-refractivity contribution in [3.8, 4) is 5.75 Å². The lowest BCUT2D eigenvalue weighted by molar-refractivity contribution is -0.136. The molecule has 0 aliphatic rings. The highest BCUT2D eigenvalue weighted by Gasteiger charge is 2.09. The van der Waals surface area contributed by atoms with Crippen molar-refractivity contribution < 1.29 is 25.2 Å². The van der Waals surface area contributed by atoms with Crippen LogP contribution in [0.3, 0.4) is 0 Å². The second kappa shape index (κ2) is 8.49. The first-order valence-electron chi connectivity index (χ1n) is 5.85. The third kappa shape index (κ3) is 4.73. The molecule has 0 bridgehead atoms. The molecule has 0 spiro atoms. The maximum atomic E-state index is 10.4. The average molecular weight is 256 g/mol. The van der Waals surface area contributed by atoms with E-state index in [1.54, 1.807) is 0 Å². The van der Waals surface area contributed by atoms with E-state index in [1.165, 1.54) is 12.1 Å². The van der Waals surface area contributed by atoms with Gasteiger partial charge >= 0.3 is 5.97 Å². The molecule has 18 heavy (non-hydrogen) atoms. The molecule has 0 amide bonds. The molecule has 0 saturated carbocycles. The lowest BCUT2D eigenvalue weighted by Gasteiger charge is -2.09. The number of aryl methyl sites for hydroxylation is 1.